The SMILES string of the molecule is C=C(C)C(=NC(=N)c1ccccc1)C(=C/C)/C(=C(\C)c1ccccc1)C(N)N. The quantitative estimate of drug-likeness (QED) is 0.297. The fourth-order valence-electron chi connectivity index (χ4n) is 3.05. The van der Waals surface area contributed by atoms with Crippen LogP contribution in [0.25, 0.3) is 5.57 Å². The summed E-state index contributed by atoms with van der Waals surface area (Å²) < 4.78 is 0. The maximum absolute atomic E-state index is 8.41. The molecule has 0 fully saturated rings. The maximum Gasteiger partial charge on any atom is 0.152 e. The van der Waals surface area contributed by atoms with E-state index in [4.69, 9.17) is 16.9 Å². The van der Waals surface area contributed by atoms with Crippen molar-refractivity contribution in [3.63, 3.8) is 0 Å². The van der Waals surface area contributed by atoms with Crippen LogP contribution in [0.4, 0.5) is 0 Å². The molecule has 4 nitrogen and oxygen atoms in total. The lowest BCUT2D eigenvalue weighted by Crippen LogP contribution is -2.35. The lowest BCUT2D eigenvalue weighted by atomic mass is 9.89. The molecule has 0 saturated carbocycles. The van der Waals surface area contributed by atoms with Crippen molar-refractivity contribution in [2.45, 2.75) is 26.9 Å². The molecule has 0 radical (unpaired) electrons. The van der Waals surface area contributed by atoms with Crippen LogP contribution in [-0.4, -0.2) is 17.7 Å². The fourth-order valence-corrected chi connectivity index (χ4v) is 3.05. The Hall–Kier alpha value is -3.08. The molecular weight excluding hydrogens is 344 g/mol. The number of allylic oxidation sites excluding steroid dienone is 3. The fraction of sp³-hybridized carbons (Fsp3) is 0.167. The molecular formula is C24H28N4. The van der Waals surface area contributed by atoms with E-state index in [1.54, 1.807) is 0 Å². The minimum atomic E-state index is -0.693. The molecule has 0 atom stereocenters. The molecule has 0 aliphatic rings. The molecule has 28 heavy (non-hydrogen) atoms. The standard InChI is InChI=1S/C24H28N4/c1-5-20(21(23(25)26)17(4)18-12-8-6-9-13-18)22(16(2)3)28-24(27)19-14-10-7-11-15-19/h5-15,23,27H,2,25-26H2,1,3-4H3/b20-5+,21-17-,27-24?,28-22?. The van der Waals surface area contributed by atoms with Gasteiger partial charge in [-0.1, -0.05) is 73.3 Å². The Labute approximate surface area is 167 Å². The van der Waals surface area contributed by atoms with Crippen molar-refractivity contribution in [2.24, 2.45) is 16.5 Å². The third-order valence-corrected chi connectivity index (χ3v) is 4.45. The summed E-state index contributed by atoms with van der Waals surface area (Å²) >= 11 is 0. The number of nitrogens with two attached hydrogens (primary N) is 2. The zero-order chi connectivity index (χ0) is 20.7. The molecule has 0 aromatic heterocycles. The normalized spacial score (nSPS) is 13.4. The van der Waals surface area contributed by atoms with E-state index in [0.717, 1.165) is 33.4 Å². The number of nitrogens with zero attached hydrogens (tertiary/aromatic N) is 1. The molecule has 144 valence electrons. The average molecular weight is 373 g/mol. The van der Waals surface area contributed by atoms with Crippen LogP contribution in [0, 0.1) is 5.41 Å². The van der Waals surface area contributed by atoms with Crippen LogP contribution in [0.2, 0.25) is 0 Å². The lowest BCUT2D eigenvalue weighted by Gasteiger charge is -2.21. The van der Waals surface area contributed by atoms with Gasteiger partial charge in [-0.2, -0.15) is 0 Å². The largest absolute Gasteiger partial charge is 0.312 e. The van der Waals surface area contributed by atoms with E-state index < -0.39 is 6.17 Å². The maximum atomic E-state index is 8.41. The van der Waals surface area contributed by atoms with Gasteiger partial charge in [0, 0.05) is 11.1 Å². The zero-order valence-electron chi connectivity index (χ0n) is 16.7. The summed E-state index contributed by atoms with van der Waals surface area (Å²) in [4.78, 5) is 4.58. The highest BCUT2D eigenvalue weighted by Gasteiger charge is 2.20. The second kappa shape index (κ2) is 9.74. The molecule has 0 aliphatic heterocycles. The second-order valence-electron chi connectivity index (χ2n) is 6.59. The highest BCUT2D eigenvalue weighted by Crippen LogP contribution is 2.27. The van der Waals surface area contributed by atoms with Crippen LogP contribution in [0.1, 0.15) is 31.9 Å². The van der Waals surface area contributed by atoms with Gasteiger partial charge in [0.15, 0.2) is 5.84 Å². The van der Waals surface area contributed by atoms with Crippen LogP contribution in [0.3, 0.4) is 0 Å². The number of aliphatic imine (C=N–C) groups is 1. The summed E-state index contributed by atoms with van der Waals surface area (Å²) in [5.74, 6) is 0.167. The van der Waals surface area contributed by atoms with E-state index in [9.17, 15) is 0 Å². The van der Waals surface area contributed by atoms with E-state index in [0.29, 0.717) is 5.71 Å². The second-order valence-corrected chi connectivity index (χ2v) is 6.59. The minimum absolute atomic E-state index is 0.167. The van der Waals surface area contributed by atoms with Crippen LogP contribution in [0.5, 0.6) is 0 Å². The van der Waals surface area contributed by atoms with Gasteiger partial charge in [-0.15, -0.1) is 0 Å². The summed E-state index contributed by atoms with van der Waals surface area (Å²) in [5, 5.41) is 8.41. The molecule has 2 rings (SSSR count). The summed E-state index contributed by atoms with van der Waals surface area (Å²) in [7, 11) is 0. The number of hydrogen-bond acceptors (Lipinski definition) is 3. The van der Waals surface area contributed by atoms with E-state index in [-0.39, 0.29) is 5.84 Å². The summed E-state index contributed by atoms with van der Waals surface area (Å²) in [6, 6.07) is 19.4. The van der Waals surface area contributed by atoms with Gasteiger partial charge in [0.2, 0.25) is 0 Å². The molecule has 0 aliphatic carbocycles. The zero-order valence-corrected chi connectivity index (χ0v) is 16.7. The first-order chi connectivity index (χ1) is 13.4. The van der Waals surface area contributed by atoms with Crippen LogP contribution in [-0.2, 0) is 0 Å². The monoisotopic (exact) mass is 372 g/mol. The average Bonchev–Trinajstić information content (AvgIpc) is 2.70. The third-order valence-electron chi connectivity index (χ3n) is 4.45. The summed E-state index contributed by atoms with van der Waals surface area (Å²) in [6.45, 7) is 9.86. The van der Waals surface area contributed by atoms with Crippen molar-refractivity contribution < 1.29 is 0 Å². The molecule has 2 aromatic carbocycles. The molecule has 0 unspecified atom stereocenters. The molecule has 0 amide bonds. The smallest absolute Gasteiger partial charge is 0.152 e. The Morgan fingerprint density at radius 2 is 1.46 bits per heavy atom. The Morgan fingerprint density at radius 1 is 0.964 bits per heavy atom. The van der Waals surface area contributed by atoms with Gasteiger partial charge in [0.25, 0.3) is 0 Å². The van der Waals surface area contributed by atoms with Gasteiger partial charge < -0.3 is 11.5 Å². The van der Waals surface area contributed by atoms with Crippen molar-refractivity contribution in [3.05, 3.63) is 101 Å². The van der Waals surface area contributed by atoms with Gasteiger partial charge in [0.1, 0.15) is 0 Å². The van der Waals surface area contributed by atoms with Crippen molar-refractivity contribution in [2.75, 3.05) is 0 Å². The van der Waals surface area contributed by atoms with Crippen molar-refractivity contribution >= 4 is 17.1 Å². The number of benzene rings is 2. The Kier molecular flexibility index (Phi) is 7.38. The van der Waals surface area contributed by atoms with Gasteiger partial charge >= 0.3 is 0 Å². The molecule has 2 aromatic rings. The molecule has 0 saturated heterocycles. The summed E-state index contributed by atoms with van der Waals surface area (Å²) in [5.41, 5.74) is 18.0. The van der Waals surface area contributed by atoms with E-state index in [1.807, 2.05) is 87.5 Å². The summed E-state index contributed by atoms with van der Waals surface area (Å²) in [6.07, 6.45) is 1.24. The third kappa shape index (κ3) is 5.00. The van der Waals surface area contributed by atoms with E-state index in [2.05, 4.69) is 11.6 Å². The van der Waals surface area contributed by atoms with Crippen molar-refractivity contribution in [1.82, 2.24) is 0 Å². The first-order valence-corrected chi connectivity index (χ1v) is 9.19. The topological polar surface area (TPSA) is 88.2 Å². The van der Waals surface area contributed by atoms with E-state index >= 15 is 0 Å². The number of nitrogens with one attached hydrogen (secondary N) is 1. The van der Waals surface area contributed by atoms with Crippen LogP contribution >= 0.6 is 0 Å². The molecule has 5 N–H and O–H groups in total. The first kappa shape index (κ1) is 21.2. The van der Waals surface area contributed by atoms with Crippen LogP contribution in [0.15, 0.2) is 95.0 Å². The molecule has 0 spiro atoms. The van der Waals surface area contributed by atoms with Crippen molar-refractivity contribution in [1.29, 1.82) is 5.41 Å². The highest BCUT2D eigenvalue weighted by atomic mass is 14.9. The van der Waals surface area contributed by atoms with Gasteiger partial charge in [-0.3, -0.25) is 5.41 Å². The Balaban J connectivity index is 2.61. The Bertz CT molecular complexity index is 933. The minimum Gasteiger partial charge on any atom is -0.312 e. The number of rotatable bonds is 6. The predicted molar refractivity (Wildman–Crippen MR) is 120 cm³/mol. The molecule has 4 heteroatoms. The predicted octanol–water partition coefficient (Wildman–Crippen LogP) is 4.69. The van der Waals surface area contributed by atoms with E-state index in [1.165, 1.54) is 0 Å². The van der Waals surface area contributed by atoms with Crippen molar-refractivity contribution in [3.8, 4) is 0 Å². The number of hydrogen-bond donors (Lipinski definition) is 3. The molecule has 0 heterocycles. The van der Waals surface area contributed by atoms with Gasteiger partial charge in [0.05, 0.1) is 11.9 Å². The molecule has 0 bridgehead atoms. The first-order valence-electron chi connectivity index (χ1n) is 9.19. The highest BCUT2D eigenvalue weighted by molar-refractivity contribution is 6.21. The van der Waals surface area contributed by atoms with Crippen LogP contribution < -0.4 is 11.5 Å². The number of amidine groups is 1. The van der Waals surface area contributed by atoms with Gasteiger partial charge in [-0.05, 0) is 43.1 Å². The lowest BCUT2D eigenvalue weighted by molar-refractivity contribution is 0.834. The van der Waals surface area contributed by atoms with Gasteiger partial charge in [-0.25, -0.2) is 4.99 Å². The Morgan fingerprint density at radius 3 is 1.89 bits per heavy atom.